The largest absolute Gasteiger partial charge is 0.464 e. The van der Waals surface area contributed by atoms with E-state index in [0.29, 0.717) is 0 Å². The van der Waals surface area contributed by atoms with Crippen LogP contribution in [0.5, 0.6) is 0 Å². The predicted molar refractivity (Wildman–Crippen MR) is 73.1 cm³/mol. The van der Waals surface area contributed by atoms with Gasteiger partial charge in [-0.1, -0.05) is 20.8 Å². The summed E-state index contributed by atoms with van der Waals surface area (Å²) in [5.74, 6) is -1.68. The summed E-state index contributed by atoms with van der Waals surface area (Å²) < 4.78 is 9.86. The number of hydrogen-bond acceptors (Lipinski definition) is 6. The maximum Gasteiger partial charge on any atom is 0.338 e. The molecule has 3 unspecified atom stereocenters. The fraction of sp³-hybridized carbons (Fsp3) is 0.857. The second-order valence-corrected chi connectivity index (χ2v) is 5.76. The minimum absolute atomic E-state index is 0.110. The normalized spacial score (nSPS) is 18.0. The first-order valence-electron chi connectivity index (χ1n) is 6.73. The van der Waals surface area contributed by atoms with Gasteiger partial charge in [0.15, 0.2) is 18.0 Å². The molecule has 0 aliphatic heterocycles. The van der Waals surface area contributed by atoms with Crippen molar-refractivity contribution in [3.05, 3.63) is 0 Å². The van der Waals surface area contributed by atoms with Crippen LogP contribution in [0.4, 0.5) is 0 Å². The number of aliphatic hydroxyl groups excluding tert-OH is 1. The van der Waals surface area contributed by atoms with Gasteiger partial charge in [0.2, 0.25) is 0 Å². The fourth-order valence-corrected chi connectivity index (χ4v) is 1.49. The number of rotatable bonds is 7. The lowest BCUT2D eigenvalue weighted by atomic mass is 9.73. The second kappa shape index (κ2) is 7.15. The lowest BCUT2D eigenvalue weighted by Crippen LogP contribution is -2.56. The summed E-state index contributed by atoms with van der Waals surface area (Å²) in [5.41, 5.74) is -2.59. The molecule has 3 atom stereocenters. The highest BCUT2D eigenvalue weighted by molar-refractivity contribution is 5.95. The van der Waals surface area contributed by atoms with Gasteiger partial charge in [0.25, 0.3) is 0 Å². The highest BCUT2D eigenvalue weighted by Crippen LogP contribution is 2.32. The van der Waals surface area contributed by atoms with Crippen LogP contribution in [0.3, 0.4) is 0 Å². The van der Waals surface area contributed by atoms with E-state index in [0.717, 1.165) is 0 Å². The van der Waals surface area contributed by atoms with Crippen LogP contribution in [0.1, 0.15) is 41.5 Å². The van der Waals surface area contributed by atoms with Gasteiger partial charge in [-0.15, -0.1) is 0 Å². The Bertz CT molecular complexity index is 342. The maximum atomic E-state index is 12.2. The fourth-order valence-electron chi connectivity index (χ4n) is 1.49. The van der Waals surface area contributed by atoms with E-state index in [-0.39, 0.29) is 13.2 Å². The SMILES string of the molecule is CCOC(=O)C(OCC)C(O)C(=O)C(C)(O)C(C)(C)C. The summed E-state index contributed by atoms with van der Waals surface area (Å²) in [4.78, 5) is 24.0. The van der Waals surface area contributed by atoms with Crippen LogP contribution in [0, 0.1) is 5.41 Å². The summed E-state index contributed by atoms with van der Waals surface area (Å²) in [6.45, 7) is 9.79. The molecular formula is C14H26O6. The van der Waals surface area contributed by atoms with Crippen molar-refractivity contribution in [3.63, 3.8) is 0 Å². The zero-order chi connectivity index (χ0) is 16.1. The summed E-state index contributed by atoms with van der Waals surface area (Å²) >= 11 is 0. The number of aliphatic hydroxyl groups is 2. The van der Waals surface area contributed by atoms with Crippen LogP contribution in [0.15, 0.2) is 0 Å². The third-order valence-electron chi connectivity index (χ3n) is 3.36. The van der Waals surface area contributed by atoms with Gasteiger partial charge in [-0.05, 0) is 26.2 Å². The monoisotopic (exact) mass is 290 g/mol. The molecule has 0 radical (unpaired) electrons. The number of hydrogen-bond donors (Lipinski definition) is 2. The molecule has 20 heavy (non-hydrogen) atoms. The Hall–Kier alpha value is -0.980. The Morgan fingerprint density at radius 3 is 1.95 bits per heavy atom. The number of carbonyl (C=O) groups is 2. The van der Waals surface area contributed by atoms with Gasteiger partial charge in [0, 0.05) is 6.61 Å². The Morgan fingerprint density at radius 2 is 1.60 bits per heavy atom. The summed E-state index contributed by atoms with van der Waals surface area (Å²) in [7, 11) is 0. The number of carbonyl (C=O) groups excluding carboxylic acids is 2. The van der Waals surface area contributed by atoms with Crippen molar-refractivity contribution in [2.75, 3.05) is 13.2 Å². The lowest BCUT2D eigenvalue weighted by Gasteiger charge is -2.37. The molecule has 6 heteroatoms. The first kappa shape index (κ1) is 19.0. The van der Waals surface area contributed by atoms with Crippen molar-refractivity contribution in [2.24, 2.45) is 5.41 Å². The Balaban J connectivity index is 5.21. The third kappa shape index (κ3) is 4.26. The van der Waals surface area contributed by atoms with Crippen molar-refractivity contribution < 1.29 is 29.3 Å². The van der Waals surface area contributed by atoms with Gasteiger partial charge in [-0.25, -0.2) is 4.79 Å². The first-order chi connectivity index (χ1) is 9.00. The first-order valence-corrected chi connectivity index (χ1v) is 6.73. The molecule has 2 N–H and O–H groups in total. The van der Waals surface area contributed by atoms with Crippen molar-refractivity contribution in [3.8, 4) is 0 Å². The molecule has 6 nitrogen and oxygen atoms in total. The Labute approximate surface area is 120 Å². The molecule has 0 bridgehead atoms. The van der Waals surface area contributed by atoms with Gasteiger partial charge >= 0.3 is 5.97 Å². The van der Waals surface area contributed by atoms with E-state index in [1.54, 1.807) is 34.6 Å². The van der Waals surface area contributed by atoms with Crippen LogP contribution >= 0.6 is 0 Å². The number of Topliss-reactive ketones (excluding diaryl/α,β-unsaturated/α-hetero) is 1. The van der Waals surface area contributed by atoms with Crippen LogP contribution < -0.4 is 0 Å². The van der Waals surface area contributed by atoms with Gasteiger partial charge in [0.1, 0.15) is 5.60 Å². The van der Waals surface area contributed by atoms with Crippen molar-refractivity contribution >= 4 is 11.8 Å². The zero-order valence-corrected chi connectivity index (χ0v) is 13.1. The molecule has 0 aliphatic carbocycles. The predicted octanol–water partition coefficient (Wildman–Crippen LogP) is 0.682. The quantitative estimate of drug-likeness (QED) is 0.670. The summed E-state index contributed by atoms with van der Waals surface area (Å²) in [6, 6.07) is 0. The van der Waals surface area contributed by atoms with E-state index < -0.39 is 35.0 Å². The molecule has 0 amide bonds. The molecule has 0 spiro atoms. The van der Waals surface area contributed by atoms with Crippen molar-refractivity contribution in [1.29, 1.82) is 0 Å². The highest BCUT2D eigenvalue weighted by atomic mass is 16.6. The minimum Gasteiger partial charge on any atom is -0.464 e. The van der Waals surface area contributed by atoms with Crippen molar-refractivity contribution in [1.82, 2.24) is 0 Å². The molecule has 0 fully saturated rings. The molecule has 0 aromatic heterocycles. The summed E-state index contributed by atoms with van der Waals surface area (Å²) in [6.07, 6.45) is -3.20. The standard InChI is InChI=1S/C14H26O6/c1-7-19-10(12(17)20-8-2)9(15)11(16)14(6,18)13(3,4)5/h9-10,15,18H,7-8H2,1-6H3. The van der Waals surface area contributed by atoms with E-state index in [2.05, 4.69) is 0 Å². The molecular weight excluding hydrogens is 264 g/mol. The van der Waals surface area contributed by atoms with Crippen LogP contribution in [-0.2, 0) is 19.1 Å². The highest BCUT2D eigenvalue weighted by Gasteiger charge is 2.48. The lowest BCUT2D eigenvalue weighted by molar-refractivity contribution is -0.177. The molecule has 0 heterocycles. The average Bonchev–Trinajstić information content (AvgIpc) is 2.32. The number of ketones is 1. The molecule has 0 rings (SSSR count). The van der Waals surface area contributed by atoms with E-state index >= 15 is 0 Å². The minimum atomic E-state index is -1.80. The van der Waals surface area contributed by atoms with E-state index in [1.165, 1.54) is 6.92 Å². The van der Waals surface area contributed by atoms with E-state index in [9.17, 15) is 19.8 Å². The van der Waals surface area contributed by atoms with Crippen LogP contribution in [0.25, 0.3) is 0 Å². The maximum absolute atomic E-state index is 12.2. The number of ether oxygens (including phenoxy) is 2. The smallest absolute Gasteiger partial charge is 0.338 e. The molecule has 0 saturated carbocycles. The van der Waals surface area contributed by atoms with Crippen LogP contribution in [-0.4, -0.2) is 53.0 Å². The van der Waals surface area contributed by atoms with Crippen molar-refractivity contribution in [2.45, 2.75) is 59.4 Å². The Morgan fingerprint density at radius 1 is 1.10 bits per heavy atom. The van der Waals surface area contributed by atoms with E-state index in [4.69, 9.17) is 9.47 Å². The second-order valence-electron chi connectivity index (χ2n) is 5.76. The average molecular weight is 290 g/mol. The Kier molecular flexibility index (Phi) is 6.80. The number of esters is 1. The molecule has 0 aliphatic rings. The van der Waals surface area contributed by atoms with Gasteiger partial charge in [-0.2, -0.15) is 0 Å². The molecule has 0 aromatic rings. The molecule has 118 valence electrons. The summed E-state index contributed by atoms with van der Waals surface area (Å²) in [5, 5.41) is 20.4. The van der Waals surface area contributed by atoms with Crippen LogP contribution in [0.2, 0.25) is 0 Å². The van der Waals surface area contributed by atoms with Gasteiger partial charge < -0.3 is 19.7 Å². The third-order valence-corrected chi connectivity index (χ3v) is 3.36. The van der Waals surface area contributed by atoms with Gasteiger partial charge in [0.05, 0.1) is 6.61 Å². The van der Waals surface area contributed by atoms with E-state index in [1.807, 2.05) is 0 Å². The molecule has 0 aromatic carbocycles. The zero-order valence-electron chi connectivity index (χ0n) is 13.1. The van der Waals surface area contributed by atoms with Gasteiger partial charge in [-0.3, -0.25) is 4.79 Å². The molecule has 0 saturated heterocycles. The topological polar surface area (TPSA) is 93.1 Å².